The predicted octanol–water partition coefficient (Wildman–Crippen LogP) is 2.61. The van der Waals surface area contributed by atoms with E-state index in [-0.39, 0.29) is 5.91 Å². The van der Waals surface area contributed by atoms with Crippen molar-refractivity contribution in [3.8, 4) is 0 Å². The van der Waals surface area contributed by atoms with Gasteiger partial charge in [0.25, 0.3) is 0 Å². The number of nitrogens with one attached hydrogen (secondary N) is 1. The quantitative estimate of drug-likeness (QED) is 0.817. The van der Waals surface area contributed by atoms with Gasteiger partial charge in [-0.25, -0.2) is 9.97 Å². The van der Waals surface area contributed by atoms with Crippen molar-refractivity contribution in [2.45, 2.75) is 20.8 Å². The molecule has 0 bridgehead atoms. The van der Waals surface area contributed by atoms with Gasteiger partial charge >= 0.3 is 0 Å². The molecule has 0 aromatic carbocycles. The third-order valence-electron chi connectivity index (χ3n) is 2.39. The Hall–Kier alpha value is -1.97. The second-order valence-electron chi connectivity index (χ2n) is 4.98. The summed E-state index contributed by atoms with van der Waals surface area (Å²) in [6.07, 6.45) is 3.32. The zero-order valence-electron chi connectivity index (χ0n) is 10.2. The molecule has 1 amide bonds. The van der Waals surface area contributed by atoms with Crippen LogP contribution in [0.5, 0.6) is 0 Å². The molecule has 0 radical (unpaired) electrons. The highest BCUT2D eigenvalue weighted by Gasteiger charge is 2.21. The van der Waals surface area contributed by atoms with Crippen molar-refractivity contribution < 1.29 is 4.79 Å². The first-order valence-electron chi connectivity index (χ1n) is 5.49. The summed E-state index contributed by atoms with van der Waals surface area (Å²) in [6, 6.07) is 5.64. The molecule has 0 aliphatic heterocycles. The number of rotatable bonds is 1. The van der Waals surface area contributed by atoms with Crippen LogP contribution in [-0.2, 0) is 4.79 Å². The summed E-state index contributed by atoms with van der Waals surface area (Å²) in [4.78, 5) is 20.1. The Morgan fingerprint density at radius 3 is 2.76 bits per heavy atom. The minimum atomic E-state index is -0.413. The van der Waals surface area contributed by atoms with Gasteiger partial charge < -0.3 is 5.32 Å². The van der Waals surface area contributed by atoms with Crippen LogP contribution in [0.25, 0.3) is 11.0 Å². The van der Waals surface area contributed by atoms with Gasteiger partial charge in [0.05, 0.1) is 11.9 Å². The average Bonchev–Trinajstić information content (AvgIpc) is 2.27. The van der Waals surface area contributed by atoms with E-state index in [0.29, 0.717) is 11.3 Å². The molecule has 2 rings (SSSR count). The normalized spacial score (nSPS) is 11.5. The molecule has 1 N–H and O–H groups in total. The van der Waals surface area contributed by atoms with Gasteiger partial charge in [0, 0.05) is 17.0 Å². The van der Waals surface area contributed by atoms with Crippen molar-refractivity contribution in [3.63, 3.8) is 0 Å². The summed E-state index contributed by atoms with van der Waals surface area (Å²) in [5.41, 5.74) is 0.968. The standard InChI is InChI=1S/C13H15N3O/c1-13(2,3)12(17)16-10-7-9-5-4-6-14-11(9)15-8-10/h4-8H,1-3H3,(H,16,17). The Labute approximate surface area is 100 Å². The fraction of sp³-hybridized carbons (Fsp3) is 0.308. The van der Waals surface area contributed by atoms with Gasteiger partial charge in [-0.15, -0.1) is 0 Å². The van der Waals surface area contributed by atoms with E-state index in [1.807, 2.05) is 39.0 Å². The summed E-state index contributed by atoms with van der Waals surface area (Å²) in [5.74, 6) is -0.0254. The summed E-state index contributed by atoms with van der Waals surface area (Å²) in [7, 11) is 0. The van der Waals surface area contributed by atoms with Crippen LogP contribution in [0.4, 0.5) is 5.69 Å². The highest BCUT2D eigenvalue weighted by molar-refractivity contribution is 5.95. The Morgan fingerprint density at radius 2 is 2.06 bits per heavy atom. The highest BCUT2D eigenvalue weighted by atomic mass is 16.2. The average molecular weight is 229 g/mol. The Morgan fingerprint density at radius 1 is 1.29 bits per heavy atom. The molecule has 2 heterocycles. The van der Waals surface area contributed by atoms with Gasteiger partial charge in [-0.1, -0.05) is 20.8 Å². The molecule has 88 valence electrons. The van der Waals surface area contributed by atoms with E-state index in [2.05, 4.69) is 15.3 Å². The molecule has 0 atom stereocenters. The molecule has 2 aromatic heterocycles. The molecule has 0 aliphatic rings. The maximum Gasteiger partial charge on any atom is 0.229 e. The van der Waals surface area contributed by atoms with Crippen LogP contribution in [0.15, 0.2) is 30.6 Å². The van der Waals surface area contributed by atoms with Crippen LogP contribution in [0.1, 0.15) is 20.8 Å². The number of pyridine rings is 2. The van der Waals surface area contributed by atoms with E-state index in [1.54, 1.807) is 12.4 Å². The van der Waals surface area contributed by atoms with Gasteiger partial charge in [0.2, 0.25) is 5.91 Å². The molecule has 0 saturated carbocycles. The summed E-state index contributed by atoms with van der Waals surface area (Å²) in [5, 5.41) is 3.76. The number of fused-ring (bicyclic) bond motifs is 1. The molecular formula is C13H15N3O. The highest BCUT2D eigenvalue weighted by Crippen LogP contribution is 2.19. The largest absolute Gasteiger partial charge is 0.324 e. The summed E-state index contributed by atoms with van der Waals surface area (Å²) >= 11 is 0. The molecule has 4 nitrogen and oxygen atoms in total. The second-order valence-corrected chi connectivity index (χ2v) is 4.98. The van der Waals surface area contributed by atoms with E-state index in [0.717, 1.165) is 5.39 Å². The number of carbonyl (C=O) groups excluding carboxylic acids is 1. The SMILES string of the molecule is CC(C)(C)C(=O)Nc1cnc2ncccc2c1. The van der Waals surface area contributed by atoms with Crippen LogP contribution in [0.3, 0.4) is 0 Å². The zero-order chi connectivity index (χ0) is 12.5. The van der Waals surface area contributed by atoms with Crippen molar-refractivity contribution in [2.24, 2.45) is 5.41 Å². The van der Waals surface area contributed by atoms with E-state index < -0.39 is 5.41 Å². The van der Waals surface area contributed by atoms with Gasteiger partial charge in [0.1, 0.15) is 0 Å². The van der Waals surface area contributed by atoms with Gasteiger partial charge in [0.15, 0.2) is 5.65 Å². The van der Waals surface area contributed by atoms with Crippen molar-refractivity contribution in [1.29, 1.82) is 0 Å². The molecule has 0 saturated heterocycles. The number of aromatic nitrogens is 2. The van der Waals surface area contributed by atoms with E-state index in [1.165, 1.54) is 0 Å². The van der Waals surface area contributed by atoms with E-state index in [9.17, 15) is 4.79 Å². The van der Waals surface area contributed by atoms with Crippen molar-refractivity contribution in [1.82, 2.24) is 9.97 Å². The summed E-state index contributed by atoms with van der Waals surface area (Å²) in [6.45, 7) is 5.62. The third-order valence-corrected chi connectivity index (χ3v) is 2.39. The number of anilines is 1. The van der Waals surface area contributed by atoms with Gasteiger partial charge in [-0.3, -0.25) is 4.79 Å². The van der Waals surface area contributed by atoms with E-state index >= 15 is 0 Å². The minimum Gasteiger partial charge on any atom is -0.324 e. The molecule has 2 aromatic rings. The fourth-order valence-electron chi connectivity index (χ4n) is 1.35. The lowest BCUT2D eigenvalue weighted by Crippen LogP contribution is -2.27. The Kier molecular flexibility index (Phi) is 2.79. The number of amides is 1. The molecular weight excluding hydrogens is 214 g/mol. The number of hydrogen-bond acceptors (Lipinski definition) is 3. The van der Waals surface area contributed by atoms with Crippen LogP contribution < -0.4 is 5.32 Å². The first-order valence-corrected chi connectivity index (χ1v) is 5.49. The topological polar surface area (TPSA) is 54.9 Å². The van der Waals surface area contributed by atoms with Crippen molar-refractivity contribution in [3.05, 3.63) is 30.6 Å². The van der Waals surface area contributed by atoms with Crippen molar-refractivity contribution >= 4 is 22.6 Å². The smallest absolute Gasteiger partial charge is 0.229 e. The Bertz CT molecular complexity index is 558. The van der Waals surface area contributed by atoms with Crippen LogP contribution in [-0.4, -0.2) is 15.9 Å². The maximum atomic E-state index is 11.8. The first kappa shape index (κ1) is 11.5. The van der Waals surface area contributed by atoms with E-state index in [4.69, 9.17) is 0 Å². The van der Waals surface area contributed by atoms with Gasteiger partial charge in [-0.05, 0) is 18.2 Å². The molecule has 0 unspecified atom stereocenters. The predicted molar refractivity (Wildman–Crippen MR) is 67.6 cm³/mol. The number of hydrogen-bond donors (Lipinski definition) is 1. The Balaban J connectivity index is 2.29. The molecule has 0 spiro atoms. The molecule has 4 heteroatoms. The fourth-order valence-corrected chi connectivity index (χ4v) is 1.35. The molecule has 0 aliphatic carbocycles. The minimum absolute atomic E-state index is 0.0254. The molecule has 17 heavy (non-hydrogen) atoms. The van der Waals surface area contributed by atoms with Crippen molar-refractivity contribution in [2.75, 3.05) is 5.32 Å². The second kappa shape index (κ2) is 4.13. The third kappa shape index (κ3) is 2.58. The molecule has 0 fully saturated rings. The monoisotopic (exact) mass is 229 g/mol. The number of carbonyl (C=O) groups is 1. The van der Waals surface area contributed by atoms with Crippen LogP contribution in [0.2, 0.25) is 0 Å². The zero-order valence-corrected chi connectivity index (χ0v) is 10.2. The van der Waals surface area contributed by atoms with Gasteiger partial charge in [-0.2, -0.15) is 0 Å². The van der Waals surface area contributed by atoms with Crippen LogP contribution in [0, 0.1) is 5.41 Å². The lowest BCUT2D eigenvalue weighted by Gasteiger charge is -2.17. The maximum absolute atomic E-state index is 11.8. The lowest BCUT2D eigenvalue weighted by molar-refractivity contribution is -0.123. The summed E-state index contributed by atoms with van der Waals surface area (Å²) < 4.78 is 0. The lowest BCUT2D eigenvalue weighted by atomic mass is 9.95. The first-order chi connectivity index (χ1) is 7.97. The number of nitrogens with zero attached hydrogens (tertiary/aromatic N) is 2. The van der Waals surface area contributed by atoms with Crippen LogP contribution >= 0.6 is 0 Å².